The molecule has 2 rings (SSSR count). The van der Waals surface area contributed by atoms with Gasteiger partial charge in [-0.25, -0.2) is 0 Å². The van der Waals surface area contributed by atoms with E-state index in [9.17, 15) is 0 Å². The molecule has 0 fully saturated rings. The number of hydrogen-bond acceptors (Lipinski definition) is 2. The summed E-state index contributed by atoms with van der Waals surface area (Å²) in [6.45, 7) is 10.2. The van der Waals surface area contributed by atoms with Crippen LogP contribution in [0.15, 0.2) is 24.3 Å². The molecule has 1 unspecified atom stereocenters. The third-order valence-electron chi connectivity index (χ3n) is 3.94. The lowest BCUT2D eigenvalue weighted by atomic mass is 9.87. The Hall–Kier alpha value is -1.35. The zero-order valence-electron chi connectivity index (χ0n) is 14.1. The van der Waals surface area contributed by atoms with Crippen molar-refractivity contribution in [2.45, 2.75) is 53.0 Å². The molecule has 0 aliphatic carbocycles. The highest BCUT2D eigenvalue weighted by molar-refractivity contribution is 5.82. The highest BCUT2D eigenvalue weighted by Gasteiger charge is 2.21. The molecule has 3 heteroatoms. The van der Waals surface area contributed by atoms with Gasteiger partial charge in [0, 0.05) is 12.4 Å². The van der Waals surface area contributed by atoms with Crippen LogP contribution in [-0.4, -0.2) is 16.3 Å². The van der Waals surface area contributed by atoms with E-state index in [1.54, 1.807) is 0 Å². The first-order valence-electron chi connectivity index (χ1n) is 8.07. The van der Waals surface area contributed by atoms with Crippen LogP contribution in [0.4, 0.5) is 0 Å². The van der Waals surface area contributed by atoms with Crippen molar-refractivity contribution in [3.8, 4) is 0 Å². The van der Waals surface area contributed by atoms with Crippen LogP contribution in [0.3, 0.4) is 0 Å². The predicted octanol–water partition coefficient (Wildman–Crippen LogP) is 4.44. The molecule has 0 aliphatic rings. The van der Waals surface area contributed by atoms with Gasteiger partial charge in [-0.15, -0.1) is 0 Å². The van der Waals surface area contributed by atoms with E-state index in [4.69, 9.17) is 5.10 Å². The van der Waals surface area contributed by atoms with Gasteiger partial charge in [-0.2, -0.15) is 5.10 Å². The quantitative estimate of drug-likeness (QED) is 0.851. The fourth-order valence-electron chi connectivity index (χ4n) is 2.73. The second-order valence-corrected chi connectivity index (χ2v) is 7.13. The third kappa shape index (κ3) is 4.07. The minimum absolute atomic E-state index is 0.343. The molecule has 0 amide bonds. The van der Waals surface area contributed by atoms with Crippen molar-refractivity contribution in [3.63, 3.8) is 0 Å². The van der Waals surface area contributed by atoms with Gasteiger partial charge >= 0.3 is 0 Å². The van der Waals surface area contributed by atoms with Crippen molar-refractivity contribution < 1.29 is 0 Å². The second kappa shape index (κ2) is 6.61. The fourth-order valence-corrected chi connectivity index (χ4v) is 2.73. The van der Waals surface area contributed by atoms with Crippen LogP contribution in [0.1, 0.15) is 58.7 Å². The summed E-state index contributed by atoms with van der Waals surface area (Å²) in [7, 11) is 2.03. The number of aryl methyl sites for hydroxylation is 1. The SMILES string of the molecule is CCCNC(CCC(C)(C)C)c1nn(C)c2ccccc12. The molecule has 1 atom stereocenters. The summed E-state index contributed by atoms with van der Waals surface area (Å²) in [5.74, 6) is 0. The Labute approximate surface area is 128 Å². The maximum absolute atomic E-state index is 4.80. The van der Waals surface area contributed by atoms with Crippen LogP contribution in [0.2, 0.25) is 0 Å². The van der Waals surface area contributed by atoms with E-state index in [1.807, 2.05) is 11.7 Å². The maximum Gasteiger partial charge on any atom is 0.0872 e. The molecular formula is C18H29N3. The molecule has 0 radical (unpaired) electrons. The average molecular weight is 287 g/mol. The van der Waals surface area contributed by atoms with Crippen LogP contribution in [0.5, 0.6) is 0 Å². The molecule has 0 saturated heterocycles. The molecule has 1 aromatic carbocycles. The summed E-state index contributed by atoms with van der Waals surface area (Å²) in [6, 6.07) is 8.86. The lowest BCUT2D eigenvalue weighted by Gasteiger charge is -2.23. The minimum Gasteiger partial charge on any atom is -0.309 e. The van der Waals surface area contributed by atoms with E-state index < -0.39 is 0 Å². The van der Waals surface area contributed by atoms with E-state index in [-0.39, 0.29) is 0 Å². The van der Waals surface area contributed by atoms with Gasteiger partial charge in [0.15, 0.2) is 0 Å². The number of hydrogen-bond donors (Lipinski definition) is 1. The molecular weight excluding hydrogens is 258 g/mol. The summed E-state index contributed by atoms with van der Waals surface area (Å²) in [6.07, 6.45) is 3.47. The molecule has 0 aliphatic heterocycles. The van der Waals surface area contributed by atoms with Crippen molar-refractivity contribution in [3.05, 3.63) is 30.0 Å². The van der Waals surface area contributed by atoms with Crippen LogP contribution in [0, 0.1) is 5.41 Å². The third-order valence-corrected chi connectivity index (χ3v) is 3.94. The van der Waals surface area contributed by atoms with Crippen molar-refractivity contribution in [2.75, 3.05) is 6.54 Å². The highest BCUT2D eigenvalue weighted by atomic mass is 15.3. The fraction of sp³-hybridized carbons (Fsp3) is 0.611. The molecule has 116 valence electrons. The Morgan fingerprint density at radius 1 is 1.24 bits per heavy atom. The standard InChI is InChI=1S/C18H29N3/c1-6-13-19-15(11-12-18(2,3)4)17-14-9-7-8-10-16(14)21(5)20-17/h7-10,15,19H,6,11-13H2,1-5H3. The van der Waals surface area contributed by atoms with Crippen LogP contribution in [0.25, 0.3) is 10.9 Å². The number of rotatable bonds is 6. The smallest absolute Gasteiger partial charge is 0.0872 e. The first-order valence-corrected chi connectivity index (χ1v) is 8.07. The number of benzene rings is 1. The Balaban J connectivity index is 2.29. The summed E-state index contributed by atoms with van der Waals surface area (Å²) in [5.41, 5.74) is 2.77. The molecule has 0 spiro atoms. The van der Waals surface area contributed by atoms with Crippen LogP contribution in [-0.2, 0) is 7.05 Å². The largest absolute Gasteiger partial charge is 0.309 e. The van der Waals surface area contributed by atoms with Crippen molar-refractivity contribution in [2.24, 2.45) is 12.5 Å². The number of aromatic nitrogens is 2. The topological polar surface area (TPSA) is 29.9 Å². The summed E-state index contributed by atoms with van der Waals surface area (Å²) < 4.78 is 2.00. The minimum atomic E-state index is 0.343. The van der Waals surface area contributed by atoms with E-state index in [2.05, 4.69) is 57.3 Å². The number of para-hydroxylation sites is 1. The zero-order valence-corrected chi connectivity index (χ0v) is 14.1. The Morgan fingerprint density at radius 3 is 2.62 bits per heavy atom. The summed E-state index contributed by atoms with van der Waals surface area (Å²) >= 11 is 0. The van der Waals surface area contributed by atoms with E-state index >= 15 is 0 Å². The van der Waals surface area contributed by atoms with Gasteiger partial charge < -0.3 is 5.32 Å². The van der Waals surface area contributed by atoms with Gasteiger partial charge in [-0.05, 0) is 37.3 Å². The van der Waals surface area contributed by atoms with Gasteiger partial charge in [-0.1, -0.05) is 45.9 Å². The average Bonchev–Trinajstić information content (AvgIpc) is 2.76. The Bertz CT molecular complexity index is 578. The summed E-state index contributed by atoms with van der Waals surface area (Å²) in [5, 5.41) is 9.77. The zero-order chi connectivity index (χ0) is 15.5. The summed E-state index contributed by atoms with van der Waals surface area (Å²) in [4.78, 5) is 0. The molecule has 0 saturated carbocycles. The van der Waals surface area contributed by atoms with Crippen molar-refractivity contribution in [1.82, 2.24) is 15.1 Å². The highest BCUT2D eigenvalue weighted by Crippen LogP contribution is 2.30. The number of nitrogens with one attached hydrogen (secondary N) is 1. The first-order chi connectivity index (χ1) is 9.92. The van der Waals surface area contributed by atoms with Gasteiger partial charge in [0.2, 0.25) is 0 Å². The molecule has 21 heavy (non-hydrogen) atoms. The molecule has 2 aromatic rings. The Morgan fingerprint density at radius 2 is 1.95 bits per heavy atom. The van der Waals surface area contributed by atoms with Crippen molar-refractivity contribution in [1.29, 1.82) is 0 Å². The van der Waals surface area contributed by atoms with E-state index in [0.29, 0.717) is 11.5 Å². The first kappa shape index (κ1) is 16.0. The number of fused-ring (bicyclic) bond motifs is 1. The van der Waals surface area contributed by atoms with Gasteiger partial charge in [-0.3, -0.25) is 4.68 Å². The predicted molar refractivity (Wildman–Crippen MR) is 90.4 cm³/mol. The molecule has 1 heterocycles. The molecule has 1 N–H and O–H groups in total. The van der Waals surface area contributed by atoms with E-state index in [1.165, 1.54) is 23.0 Å². The molecule has 1 aromatic heterocycles. The van der Waals surface area contributed by atoms with Crippen LogP contribution < -0.4 is 5.32 Å². The second-order valence-electron chi connectivity index (χ2n) is 7.13. The van der Waals surface area contributed by atoms with Gasteiger partial charge in [0.05, 0.1) is 17.3 Å². The lowest BCUT2D eigenvalue weighted by molar-refractivity contribution is 0.330. The normalized spacial score (nSPS) is 13.8. The van der Waals surface area contributed by atoms with Crippen molar-refractivity contribution >= 4 is 10.9 Å². The van der Waals surface area contributed by atoms with E-state index in [0.717, 1.165) is 19.4 Å². The number of nitrogens with zero attached hydrogens (tertiary/aromatic N) is 2. The lowest BCUT2D eigenvalue weighted by Crippen LogP contribution is -2.24. The molecule has 3 nitrogen and oxygen atoms in total. The Kier molecular flexibility index (Phi) is 5.04. The van der Waals surface area contributed by atoms with Gasteiger partial charge in [0.25, 0.3) is 0 Å². The van der Waals surface area contributed by atoms with Crippen LogP contribution >= 0.6 is 0 Å². The van der Waals surface area contributed by atoms with Gasteiger partial charge in [0.1, 0.15) is 0 Å². The maximum atomic E-state index is 4.80. The molecule has 0 bridgehead atoms. The monoisotopic (exact) mass is 287 g/mol.